The molecule has 0 aliphatic carbocycles. The van der Waals surface area contributed by atoms with Gasteiger partial charge in [0.15, 0.2) is 0 Å². The number of aliphatic hydroxyl groups is 1. The highest BCUT2D eigenvalue weighted by Gasteiger charge is 2.32. The van der Waals surface area contributed by atoms with Crippen LogP contribution >= 0.6 is 0 Å². The van der Waals surface area contributed by atoms with Gasteiger partial charge >= 0.3 is 0 Å². The van der Waals surface area contributed by atoms with E-state index in [0.29, 0.717) is 25.6 Å². The number of amides is 1. The maximum atomic E-state index is 11.7. The van der Waals surface area contributed by atoms with Crippen molar-refractivity contribution in [2.75, 3.05) is 57.5 Å². The van der Waals surface area contributed by atoms with Crippen molar-refractivity contribution < 1.29 is 9.90 Å². The van der Waals surface area contributed by atoms with E-state index in [1.54, 1.807) is 6.92 Å². The molecule has 0 radical (unpaired) electrons. The summed E-state index contributed by atoms with van der Waals surface area (Å²) in [6.07, 6.45) is 2.23. The first-order valence-electron chi connectivity index (χ1n) is 9.25. The molecule has 1 aromatic heterocycles. The van der Waals surface area contributed by atoms with Gasteiger partial charge in [0, 0.05) is 52.8 Å². The van der Waals surface area contributed by atoms with E-state index in [9.17, 15) is 9.90 Å². The van der Waals surface area contributed by atoms with E-state index in [4.69, 9.17) is 0 Å². The number of aromatic nitrogens is 2. The lowest BCUT2D eigenvalue weighted by Crippen LogP contribution is -2.47. The first-order chi connectivity index (χ1) is 12.3. The molecule has 0 bridgehead atoms. The molecule has 0 aromatic carbocycles. The van der Waals surface area contributed by atoms with Crippen LogP contribution in [0.4, 0.5) is 11.8 Å². The molecule has 3 heterocycles. The number of nitrogens with zero attached hydrogens (tertiary/aromatic N) is 5. The molecule has 1 saturated heterocycles. The van der Waals surface area contributed by atoms with E-state index in [0.717, 1.165) is 49.4 Å². The molecular weight excluding hydrogens is 332 g/mol. The van der Waals surface area contributed by atoms with Crippen LogP contribution in [0, 0.1) is 0 Å². The number of carbonyl (C=O) groups is 1. The van der Waals surface area contributed by atoms with Gasteiger partial charge in [0.25, 0.3) is 0 Å². The Hall–Kier alpha value is -1.93. The molecule has 2 aliphatic rings. The van der Waals surface area contributed by atoms with Crippen molar-refractivity contribution >= 4 is 17.7 Å². The highest BCUT2D eigenvalue weighted by molar-refractivity contribution is 5.73. The Morgan fingerprint density at radius 1 is 1.27 bits per heavy atom. The van der Waals surface area contributed by atoms with Crippen LogP contribution in [0.15, 0.2) is 0 Å². The fourth-order valence-corrected chi connectivity index (χ4v) is 3.49. The fourth-order valence-electron chi connectivity index (χ4n) is 3.49. The van der Waals surface area contributed by atoms with E-state index in [-0.39, 0.29) is 5.91 Å². The number of hydrogen-bond donors (Lipinski definition) is 2. The summed E-state index contributed by atoms with van der Waals surface area (Å²) in [5.74, 6) is 1.47. The minimum atomic E-state index is -0.706. The highest BCUT2D eigenvalue weighted by Crippen LogP contribution is 2.28. The second-order valence-electron chi connectivity index (χ2n) is 7.76. The number of rotatable bonds is 4. The second-order valence-corrected chi connectivity index (χ2v) is 7.76. The van der Waals surface area contributed by atoms with Gasteiger partial charge in [-0.25, -0.2) is 4.98 Å². The summed E-state index contributed by atoms with van der Waals surface area (Å²) < 4.78 is 0. The molecule has 8 nitrogen and oxygen atoms in total. The van der Waals surface area contributed by atoms with Crippen LogP contribution in [0.25, 0.3) is 0 Å². The van der Waals surface area contributed by atoms with Crippen molar-refractivity contribution in [1.82, 2.24) is 19.8 Å². The largest absolute Gasteiger partial charge is 0.388 e. The fraction of sp³-hybridized carbons (Fsp3) is 0.722. The Labute approximate surface area is 155 Å². The predicted octanol–water partition coefficient (Wildman–Crippen LogP) is 0.316. The highest BCUT2D eigenvalue weighted by atomic mass is 16.3. The van der Waals surface area contributed by atoms with E-state index < -0.39 is 5.60 Å². The Bertz CT molecular complexity index is 670. The molecule has 0 unspecified atom stereocenters. The normalized spacial score (nSPS) is 19.8. The van der Waals surface area contributed by atoms with Crippen molar-refractivity contribution in [2.45, 2.75) is 38.3 Å². The van der Waals surface area contributed by atoms with Gasteiger partial charge in [0.2, 0.25) is 11.9 Å². The molecule has 0 atom stereocenters. The average Bonchev–Trinajstić information content (AvgIpc) is 2.61. The van der Waals surface area contributed by atoms with Crippen LogP contribution in [0.2, 0.25) is 0 Å². The monoisotopic (exact) mass is 362 g/mol. The third-order valence-electron chi connectivity index (χ3n) is 5.40. The van der Waals surface area contributed by atoms with Crippen molar-refractivity contribution in [3.8, 4) is 0 Å². The average molecular weight is 362 g/mol. The Kier molecular flexibility index (Phi) is 5.34. The summed E-state index contributed by atoms with van der Waals surface area (Å²) in [6.45, 7) is 5.06. The number of hydrogen-bond acceptors (Lipinski definition) is 7. The van der Waals surface area contributed by atoms with Gasteiger partial charge in [0.05, 0.1) is 17.8 Å². The van der Waals surface area contributed by atoms with Gasteiger partial charge < -0.3 is 25.1 Å². The van der Waals surface area contributed by atoms with Gasteiger partial charge in [0.1, 0.15) is 5.82 Å². The maximum absolute atomic E-state index is 11.7. The summed E-state index contributed by atoms with van der Waals surface area (Å²) in [5.41, 5.74) is 1.25. The third-order valence-corrected chi connectivity index (χ3v) is 5.40. The topological polar surface area (TPSA) is 84.8 Å². The van der Waals surface area contributed by atoms with Crippen LogP contribution in [-0.4, -0.2) is 83.7 Å². The molecule has 1 aromatic rings. The van der Waals surface area contributed by atoms with Crippen molar-refractivity contribution in [3.05, 3.63) is 11.3 Å². The molecule has 26 heavy (non-hydrogen) atoms. The summed E-state index contributed by atoms with van der Waals surface area (Å²) in [4.78, 5) is 26.9. The molecule has 0 spiro atoms. The molecule has 3 rings (SSSR count). The van der Waals surface area contributed by atoms with Crippen molar-refractivity contribution in [1.29, 1.82) is 0 Å². The van der Waals surface area contributed by atoms with E-state index in [1.807, 2.05) is 23.9 Å². The summed E-state index contributed by atoms with van der Waals surface area (Å²) in [5, 5.41) is 14.2. The quantitative estimate of drug-likeness (QED) is 0.798. The molecule has 1 fully saturated rings. The maximum Gasteiger partial charge on any atom is 0.227 e. The molecule has 1 amide bonds. The van der Waals surface area contributed by atoms with Crippen LogP contribution in [0.5, 0.6) is 0 Å². The lowest BCUT2D eigenvalue weighted by Gasteiger charge is -2.37. The van der Waals surface area contributed by atoms with Gasteiger partial charge in [-0.2, -0.15) is 4.98 Å². The van der Waals surface area contributed by atoms with Crippen LogP contribution < -0.4 is 10.2 Å². The molecule has 8 heteroatoms. The number of fused-ring (bicyclic) bond motifs is 1. The molecule has 0 saturated carbocycles. The van der Waals surface area contributed by atoms with Gasteiger partial charge in [-0.05, 0) is 26.3 Å². The lowest BCUT2D eigenvalue weighted by molar-refractivity contribution is -0.129. The minimum absolute atomic E-state index is 0.0656. The standard InChI is InChI=1S/C18H30N6O2/c1-13(25)24-8-5-14-15(11-24)20-17(22(2)3)21-16(14)19-12-18(26)6-9-23(4)10-7-18/h26H,5-12H2,1-4H3,(H,19,20,21). The Morgan fingerprint density at radius 3 is 2.58 bits per heavy atom. The zero-order chi connectivity index (χ0) is 18.9. The predicted molar refractivity (Wildman–Crippen MR) is 101 cm³/mol. The molecule has 2 N–H and O–H groups in total. The van der Waals surface area contributed by atoms with Gasteiger partial charge in [-0.3, -0.25) is 4.79 Å². The number of anilines is 2. The van der Waals surface area contributed by atoms with E-state index >= 15 is 0 Å². The molecule has 144 valence electrons. The zero-order valence-electron chi connectivity index (χ0n) is 16.2. The van der Waals surface area contributed by atoms with Crippen LogP contribution in [0.1, 0.15) is 31.0 Å². The van der Waals surface area contributed by atoms with Crippen molar-refractivity contribution in [2.24, 2.45) is 0 Å². The SMILES string of the molecule is CC(=O)N1CCc2c(nc(N(C)C)nc2NCC2(O)CCN(C)CC2)C1. The van der Waals surface area contributed by atoms with Gasteiger partial charge in [-0.15, -0.1) is 0 Å². The number of carbonyl (C=O) groups excluding carboxylic acids is 1. The first kappa shape index (κ1) is 18.8. The second kappa shape index (κ2) is 7.36. The molecule has 2 aliphatic heterocycles. The Morgan fingerprint density at radius 2 is 1.96 bits per heavy atom. The van der Waals surface area contributed by atoms with Crippen LogP contribution in [0.3, 0.4) is 0 Å². The summed E-state index contributed by atoms with van der Waals surface area (Å²) >= 11 is 0. The van der Waals surface area contributed by atoms with Crippen molar-refractivity contribution in [3.63, 3.8) is 0 Å². The smallest absolute Gasteiger partial charge is 0.227 e. The zero-order valence-corrected chi connectivity index (χ0v) is 16.2. The summed E-state index contributed by atoms with van der Waals surface area (Å²) in [7, 11) is 5.89. The lowest BCUT2D eigenvalue weighted by atomic mass is 9.91. The minimum Gasteiger partial charge on any atom is -0.388 e. The first-order valence-corrected chi connectivity index (χ1v) is 9.25. The Balaban J connectivity index is 1.81. The number of nitrogens with one attached hydrogen (secondary N) is 1. The van der Waals surface area contributed by atoms with E-state index in [1.165, 1.54) is 0 Å². The van der Waals surface area contributed by atoms with E-state index in [2.05, 4.69) is 27.2 Å². The van der Waals surface area contributed by atoms with Crippen LogP contribution in [-0.2, 0) is 17.8 Å². The number of likely N-dealkylation sites (tertiary alicyclic amines) is 1. The number of piperidine rings is 1. The third kappa shape index (κ3) is 4.07. The van der Waals surface area contributed by atoms with Gasteiger partial charge in [-0.1, -0.05) is 0 Å². The summed E-state index contributed by atoms with van der Waals surface area (Å²) in [6, 6.07) is 0. The molecular formula is C18H30N6O2.